The third-order valence-electron chi connectivity index (χ3n) is 7.49. The van der Waals surface area contributed by atoms with Gasteiger partial charge in [0.15, 0.2) is 17.5 Å². The van der Waals surface area contributed by atoms with Crippen molar-refractivity contribution in [2.45, 2.75) is 13.8 Å². The summed E-state index contributed by atoms with van der Waals surface area (Å²) in [6, 6.07) is 39.6. The molecule has 7 rings (SSSR count). The monoisotopic (exact) mass is 514 g/mol. The Labute approximate surface area is 233 Å². The molecule has 0 radical (unpaired) electrons. The first-order valence-electron chi connectivity index (χ1n) is 13.4. The Kier molecular flexibility index (Phi) is 5.86. The topological polar surface area (TPSA) is 51.6 Å². The van der Waals surface area contributed by atoms with E-state index in [4.69, 9.17) is 19.9 Å². The normalized spacial score (nSPS) is 11.2. The predicted molar refractivity (Wildman–Crippen MR) is 164 cm³/mol. The van der Waals surface area contributed by atoms with Gasteiger partial charge in [0.25, 0.3) is 0 Å². The number of pyridine rings is 1. The van der Waals surface area contributed by atoms with Crippen molar-refractivity contribution in [3.8, 4) is 45.4 Å². The highest BCUT2D eigenvalue weighted by molar-refractivity contribution is 5.99. The second kappa shape index (κ2) is 9.83. The van der Waals surface area contributed by atoms with E-state index in [0.717, 1.165) is 38.7 Å². The molecule has 0 aliphatic heterocycles. The molecule has 0 spiro atoms. The van der Waals surface area contributed by atoms with E-state index in [-0.39, 0.29) is 0 Å². The van der Waals surface area contributed by atoms with Crippen molar-refractivity contribution in [3.05, 3.63) is 133 Å². The van der Waals surface area contributed by atoms with Crippen LogP contribution in [0.25, 0.3) is 67.0 Å². The van der Waals surface area contributed by atoms with Gasteiger partial charge < -0.3 is 0 Å². The summed E-state index contributed by atoms with van der Waals surface area (Å²) in [5, 5.41) is 4.63. The number of aromatic nitrogens is 4. The molecule has 0 unspecified atom stereocenters. The third kappa shape index (κ3) is 4.20. The third-order valence-corrected chi connectivity index (χ3v) is 7.49. The van der Waals surface area contributed by atoms with E-state index in [1.165, 1.54) is 21.9 Å². The van der Waals surface area contributed by atoms with Crippen LogP contribution in [0.2, 0.25) is 0 Å². The minimum atomic E-state index is 0.599. The number of fused-ring (bicyclic) bond motifs is 2. The summed E-state index contributed by atoms with van der Waals surface area (Å²) < 4.78 is 0. The molecule has 4 heteroatoms. The lowest BCUT2D eigenvalue weighted by atomic mass is 9.99. The van der Waals surface area contributed by atoms with Crippen LogP contribution in [0.3, 0.4) is 0 Å². The fourth-order valence-electron chi connectivity index (χ4n) is 5.34. The number of benzene rings is 5. The van der Waals surface area contributed by atoms with E-state index in [1.807, 2.05) is 36.5 Å². The Bertz CT molecular complexity index is 1910. The van der Waals surface area contributed by atoms with Crippen molar-refractivity contribution in [1.82, 2.24) is 19.9 Å². The fraction of sp³-hybridized carbons (Fsp3) is 0.0556. The molecular weight excluding hydrogens is 488 g/mol. The molecule has 5 aromatic carbocycles. The molecule has 40 heavy (non-hydrogen) atoms. The maximum atomic E-state index is 5.08. The zero-order chi connectivity index (χ0) is 27.1. The summed E-state index contributed by atoms with van der Waals surface area (Å²) in [7, 11) is 0. The lowest BCUT2D eigenvalue weighted by Crippen LogP contribution is -2.01. The van der Waals surface area contributed by atoms with Crippen LogP contribution < -0.4 is 0 Å². The molecule has 2 aromatic heterocycles. The van der Waals surface area contributed by atoms with Gasteiger partial charge in [0.2, 0.25) is 0 Å². The minimum Gasteiger partial charge on any atom is -0.255 e. The summed E-state index contributed by atoms with van der Waals surface area (Å²) in [5.41, 5.74) is 7.24. The van der Waals surface area contributed by atoms with Gasteiger partial charge >= 0.3 is 0 Å². The van der Waals surface area contributed by atoms with Gasteiger partial charge in [-0.05, 0) is 58.7 Å². The maximum Gasteiger partial charge on any atom is 0.165 e. The number of nitrogens with zero attached hydrogens (tertiary/aromatic N) is 4. The molecule has 0 aliphatic carbocycles. The number of hydrogen-bond acceptors (Lipinski definition) is 4. The van der Waals surface area contributed by atoms with Crippen LogP contribution >= 0.6 is 0 Å². The highest BCUT2D eigenvalue weighted by Gasteiger charge is 2.17. The molecule has 0 N–H and O–H groups in total. The molecule has 2 heterocycles. The summed E-state index contributed by atoms with van der Waals surface area (Å²) in [6.07, 6.45) is 1.85. The average molecular weight is 515 g/mol. The smallest absolute Gasteiger partial charge is 0.165 e. The molecule has 190 valence electrons. The predicted octanol–water partition coefficient (Wildman–Crippen LogP) is 8.86. The van der Waals surface area contributed by atoms with Crippen LogP contribution in [0.1, 0.15) is 11.1 Å². The number of aryl methyl sites for hydroxylation is 2. The van der Waals surface area contributed by atoms with Crippen molar-refractivity contribution in [1.29, 1.82) is 0 Å². The van der Waals surface area contributed by atoms with E-state index < -0.39 is 0 Å². The first-order valence-corrected chi connectivity index (χ1v) is 13.4. The number of rotatable bonds is 4. The summed E-state index contributed by atoms with van der Waals surface area (Å²) >= 11 is 0. The first kappa shape index (κ1) is 23.9. The van der Waals surface area contributed by atoms with Crippen molar-refractivity contribution in [2.24, 2.45) is 0 Å². The standard InChI is InChI=1S/C36H26N4/c1-23-16-19-31(29-14-8-6-12-27(23)29)35-38-34(26-18-21-33(37-22-26)25-10-4-3-5-11-25)39-36(40-35)32-20-17-24(2)28-13-7-9-15-30(28)32/h3-22H,1-2H3. The summed E-state index contributed by atoms with van der Waals surface area (Å²) in [6.45, 7) is 4.27. The Morgan fingerprint density at radius 3 is 1.43 bits per heavy atom. The Morgan fingerprint density at radius 1 is 0.400 bits per heavy atom. The average Bonchev–Trinajstić information content (AvgIpc) is 3.02. The molecule has 0 fully saturated rings. The lowest BCUT2D eigenvalue weighted by molar-refractivity contribution is 1.07. The van der Waals surface area contributed by atoms with Crippen LogP contribution in [0.15, 0.2) is 121 Å². The molecule has 0 amide bonds. The van der Waals surface area contributed by atoms with Gasteiger partial charge in [-0.2, -0.15) is 0 Å². The van der Waals surface area contributed by atoms with E-state index in [0.29, 0.717) is 17.5 Å². The Hall–Kier alpha value is -5.22. The second-order valence-corrected chi connectivity index (χ2v) is 10.1. The Morgan fingerprint density at radius 2 is 0.900 bits per heavy atom. The van der Waals surface area contributed by atoms with Gasteiger partial charge in [-0.3, -0.25) is 4.98 Å². The van der Waals surface area contributed by atoms with E-state index in [2.05, 4.69) is 98.8 Å². The van der Waals surface area contributed by atoms with Gasteiger partial charge in [-0.15, -0.1) is 0 Å². The molecular formula is C36H26N4. The molecule has 0 atom stereocenters. The van der Waals surface area contributed by atoms with Crippen LogP contribution in [-0.4, -0.2) is 19.9 Å². The Balaban J connectivity index is 1.46. The maximum absolute atomic E-state index is 5.08. The van der Waals surface area contributed by atoms with Crippen molar-refractivity contribution >= 4 is 21.5 Å². The molecule has 0 bridgehead atoms. The van der Waals surface area contributed by atoms with Crippen LogP contribution in [0, 0.1) is 13.8 Å². The van der Waals surface area contributed by atoms with E-state index >= 15 is 0 Å². The van der Waals surface area contributed by atoms with Gasteiger partial charge in [-0.25, -0.2) is 15.0 Å². The SMILES string of the molecule is Cc1ccc(-c2nc(-c3ccc(-c4ccccc4)nc3)nc(-c3ccc(C)c4ccccc34)n2)c2ccccc12. The zero-order valence-corrected chi connectivity index (χ0v) is 22.3. The molecule has 7 aromatic rings. The minimum absolute atomic E-state index is 0.599. The van der Waals surface area contributed by atoms with Crippen molar-refractivity contribution < 1.29 is 0 Å². The molecule has 0 saturated carbocycles. The highest BCUT2D eigenvalue weighted by atomic mass is 15.0. The molecule has 0 saturated heterocycles. The van der Waals surface area contributed by atoms with E-state index in [1.54, 1.807) is 0 Å². The van der Waals surface area contributed by atoms with Crippen molar-refractivity contribution in [2.75, 3.05) is 0 Å². The number of hydrogen-bond donors (Lipinski definition) is 0. The van der Waals surface area contributed by atoms with Crippen LogP contribution in [-0.2, 0) is 0 Å². The lowest BCUT2D eigenvalue weighted by Gasteiger charge is -2.13. The molecule has 4 nitrogen and oxygen atoms in total. The summed E-state index contributed by atoms with van der Waals surface area (Å²) in [5.74, 6) is 1.89. The van der Waals surface area contributed by atoms with E-state index in [9.17, 15) is 0 Å². The van der Waals surface area contributed by atoms with Gasteiger partial charge in [-0.1, -0.05) is 103 Å². The highest BCUT2D eigenvalue weighted by Crippen LogP contribution is 2.34. The largest absolute Gasteiger partial charge is 0.255 e. The summed E-state index contributed by atoms with van der Waals surface area (Å²) in [4.78, 5) is 19.9. The zero-order valence-electron chi connectivity index (χ0n) is 22.3. The first-order chi connectivity index (χ1) is 19.7. The fourth-order valence-corrected chi connectivity index (χ4v) is 5.34. The van der Waals surface area contributed by atoms with Gasteiger partial charge in [0.1, 0.15) is 0 Å². The molecule has 0 aliphatic rings. The van der Waals surface area contributed by atoms with Crippen LogP contribution in [0.5, 0.6) is 0 Å². The van der Waals surface area contributed by atoms with Gasteiger partial charge in [0.05, 0.1) is 5.69 Å². The van der Waals surface area contributed by atoms with Gasteiger partial charge in [0, 0.05) is 28.5 Å². The van der Waals surface area contributed by atoms with Crippen molar-refractivity contribution in [3.63, 3.8) is 0 Å². The quantitative estimate of drug-likeness (QED) is 0.235. The second-order valence-electron chi connectivity index (χ2n) is 10.1. The van der Waals surface area contributed by atoms with Crippen LogP contribution in [0.4, 0.5) is 0 Å².